The van der Waals surface area contributed by atoms with Crippen molar-refractivity contribution >= 4 is 0 Å². The summed E-state index contributed by atoms with van der Waals surface area (Å²) >= 11 is 0. The molecule has 0 fully saturated rings. The van der Waals surface area contributed by atoms with E-state index < -0.39 is 0 Å². The normalized spacial score (nSPS) is 21.1. The molecule has 0 radical (unpaired) electrons. The fourth-order valence-corrected chi connectivity index (χ4v) is 2.65. The topological polar surface area (TPSA) is 41.5 Å². The molecule has 3 nitrogen and oxygen atoms in total. The van der Waals surface area contributed by atoms with Gasteiger partial charge in [-0.05, 0) is 23.8 Å². The standard InChI is InChI=1S/C17H19NO2/c1-12-11-20-16-5-3-2-4-15(16)17(12)18-10-13-6-8-14(19)9-7-13/h2-9,12,17-19H,10-11H2,1H3. The Morgan fingerprint density at radius 2 is 1.90 bits per heavy atom. The Hall–Kier alpha value is -2.00. The summed E-state index contributed by atoms with van der Waals surface area (Å²) in [6, 6.07) is 15.8. The highest BCUT2D eigenvalue weighted by atomic mass is 16.5. The molecule has 20 heavy (non-hydrogen) atoms. The van der Waals surface area contributed by atoms with E-state index in [1.807, 2.05) is 24.3 Å². The summed E-state index contributed by atoms with van der Waals surface area (Å²) < 4.78 is 5.76. The van der Waals surface area contributed by atoms with Crippen molar-refractivity contribution in [3.05, 3.63) is 59.7 Å². The van der Waals surface area contributed by atoms with Gasteiger partial charge in [-0.25, -0.2) is 0 Å². The largest absolute Gasteiger partial charge is 0.508 e. The van der Waals surface area contributed by atoms with Crippen LogP contribution in [0.1, 0.15) is 24.1 Å². The highest BCUT2D eigenvalue weighted by Gasteiger charge is 2.26. The van der Waals surface area contributed by atoms with Crippen molar-refractivity contribution in [2.45, 2.75) is 19.5 Å². The molecule has 0 aromatic heterocycles. The Morgan fingerprint density at radius 3 is 2.70 bits per heavy atom. The van der Waals surface area contributed by atoms with Gasteiger partial charge in [-0.15, -0.1) is 0 Å². The number of fused-ring (bicyclic) bond motifs is 1. The lowest BCUT2D eigenvalue weighted by Gasteiger charge is -2.32. The van der Waals surface area contributed by atoms with E-state index in [1.54, 1.807) is 12.1 Å². The number of nitrogens with one attached hydrogen (secondary N) is 1. The van der Waals surface area contributed by atoms with Crippen LogP contribution in [0.2, 0.25) is 0 Å². The lowest BCUT2D eigenvalue weighted by atomic mass is 9.92. The lowest BCUT2D eigenvalue weighted by molar-refractivity contribution is 0.188. The third-order valence-electron chi connectivity index (χ3n) is 3.79. The Kier molecular flexibility index (Phi) is 3.61. The Bertz CT molecular complexity index is 580. The van der Waals surface area contributed by atoms with Crippen LogP contribution in [0.4, 0.5) is 0 Å². The maximum absolute atomic E-state index is 9.31. The first-order chi connectivity index (χ1) is 9.74. The summed E-state index contributed by atoms with van der Waals surface area (Å²) in [7, 11) is 0. The van der Waals surface area contributed by atoms with Crippen LogP contribution in [0.5, 0.6) is 11.5 Å². The number of ether oxygens (including phenoxy) is 1. The van der Waals surface area contributed by atoms with Crippen molar-refractivity contribution in [1.82, 2.24) is 5.32 Å². The molecule has 1 aliphatic rings. The minimum Gasteiger partial charge on any atom is -0.508 e. The number of phenolic OH excluding ortho intramolecular Hbond substituents is 1. The highest BCUT2D eigenvalue weighted by Crippen LogP contribution is 2.35. The summed E-state index contributed by atoms with van der Waals surface area (Å²) in [5.74, 6) is 1.72. The van der Waals surface area contributed by atoms with Crippen LogP contribution in [0.15, 0.2) is 48.5 Å². The lowest BCUT2D eigenvalue weighted by Crippen LogP contribution is -2.33. The zero-order valence-electron chi connectivity index (χ0n) is 11.5. The minimum atomic E-state index is 0.300. The zero-order chi connectivity index (χ0) is 13.9. The van der Waals surface area contributed by atoms with E-state index in [-0.39, 0.29) is 0 Å². The molecule has 0 aliphatic carbocycles. The fourth-order valence-electron chi connectivity index (χ4n) is 2.65. The van der Waals surface area contributed by atoms with Crippen LogP contribution < -0.4 is 10.1 Å². The van der Waals surface area contributed by atoms with E-state index >= 15 is 0 Å². The molecule has 0 bridgehead atoms. The van der Waals surface area contributed by atoms with Crippen molar-refractivity contribution in [3.63, 3.8) is 0 Å². The van der Waals surface area contributed by atoms with Gasteiger partial charge >= 0.3 is 0 Å². The predicted molar refractivity (Wildman–Crippen MR) is 78.8 cm³/mol. The maximum Gasteiger partial charge on any atom is 0.124 e. The number of para-hydroxylation sites is 1. The zero-order valence-corrected chi connectivity index (χ0v) is 11.5. The summed E-state index contributed by atoms with van der Waals surface area (Å²) in [6.45, 7) is 3.72. The molecule has 2 atom stereocenters. The van der Waals surface area contributed by atoms with Crippen molar-refractivity contribution in [2.24, 2.45) is 5.92 Å². The van der Waals surface area contributed by atoms with Crippen molar-refractivity contribution in [2.75, 3.05) is 6.61 Å². The van der Waals surface area contributed by atoms with E-state index in [9.17, 15) is 5.11 Å². The van der Waals surface area contributed by atoms with Gasteiger partial charge in [0.05, 0.1) is 6.61 Å². The molecule has 0 spiro atoms. The molecule has 1 heterocycles. The molecular weight excluding hydrogens is 250 g/mol. The Morgan fingerprint density at radius 1 is 1.15 bits per heavy atom. The van der Waals surface area contributed by atoms with Crippen LogP contribution in [-0.2, 0) is 6.54 Å². The van der Waals surface area contributed by atoms with Crippen molar-refractivity contribution < 1.29 is 9.84 Å². The number of phenols is 1. The summed E-state index contributed by atoms with van der Waals surface area (Å²) in [5.41, 5.74) is 2.39. The average Bonchev–Trinajstić information content (AvgIpc) is 2.48. The van der Waals surface area contributed by atoms with E-state index in [1.165, 1.54) is 11.1 Å². The smallest absolute Gasteiger partial charge is 0.124 e. The third-order valence-corrected chi connectivity index (χ3v) is 3.79. The third kappa shape index (κ3) is 2.63. The van der Waals surface area contributed by atoms with Gasteiger partial charge in [0.25, 0.3) is 0 Å². The van der Waals surface area contributed by atoms with Gasteiger partial charge < -0.3 is 15.2 Å². The SMILES string of the molecule is CC1COc2ccccc2C1NCc1ccc(O)cc1. The van der Waals surface area contributed by atoms with Gasteiger partial charge in [0, 0.05) is 24.1 Å². The first-order valence-corrected chi connectivity index (χ1v) is 6.97. The van der Waals surface area contributed by atoms with E-state index in [0.29, 0.717) is 17.7 Å². The van der Waals surface area contributed by atoms with E-state index in [0.717, 1.165) is 18.9 Å². The van der Waals surface area contributed by atoms with Crippen LogP contribution >= 0.6 is 0 Å². The second-order valence-corrected chi connectivity index (χ2v) is 5.35. The Balaban J connectivity index is 1.75. The predicted octanol–water partition coefficient (Wildman–Crippen LogP) is 3.25. The molecular formula is C17H19NO2. The maximum atomic E-state index is 9.31. The summed E-state index contributed by atoms with van der Waals surface area (Å²) in [6.07, 6.45) is 0. The molecule has 1 aliphatic heterocycles. The first kappa shape index (κ1) is 13.0. The Labute approximate surface area is 119 Å². The van der Waals surface area contributed by atoms with E-state index in [2.05, 4.69) is 24.4 Å². The second kappa shape index (κ2) is 5.55. The van der Waals surface area contributed by atoms with Crippen LogP contribution in [0, 0.1) is 5.92 Å². The quantitative estimate of drug-likeness (QED) is 0.898. The molecule has 2 aromatic carbocycles. The molecule has 2 unspecified atom stereocenters. The minimum absolute atomic E-state index is 0.300. The summed E-state index contributed by atoms with van der Waals surface area (Å²) in [4.78, 5) is 0. The number of hydrogen-bond acceptors (Lipinski definition) is 3. The highest BCUT2D eigenvalue weighted by molar-refractivity contribution is 5.38. The van der Waals surface area contributed by atoms with Gasteiger partial charge in [-0.1, -0.05) is 37.3 Å². The van der Waals surface area contributed by atoms with Gasteiger partial charge in [0.15, 0.2) is 0 Å². The molecule has 3 heteroatoms. The average molecular weight is 269 g/mol. The second-order valence-electron chi connectivity index (χ2n) is 5.35. The van der Waals surface area contributed by atoms with Gasteiger partial charge in [-0.3, -0.25) is 0 Å². The molecule has 0 amide bonds. The number of hydrogen-bond donors (Lipinski definition) is 2. The molecule has 3 rings (SSSR count). The molecule has 0 saturated heterocycles. The van der Waals surface area contributed by atoms with Crippen LogP contribution in [0.25, 0.3) is 0 Å². The molecule has 2 aromatic rings. The molecule has 0 saturated carbocycles. The van der Waals surface area contributed by atoms with E-state index in [4.69, 9.17) is 4.74 Å². The van der Waals surface area contributed by atoms with Crippen LogP contribution in [-0.4, -0.2) is 11.7 Å². The molecule has 104 valence electrons. The summed E-state index contributed by atoms with van der Waals surface area (Å²) in [5, 5.41) is 12.9. The van der Waals surface area contributed by atoms with Crippen molar-refractivity contribution in [1.29, 1.82) is 0 Å². The number of benzene rings is 2. The van der Waals surface area contributed by atoms with Gasteiger partial charge in [0.1, 0.15) is 11.5 Å². The van der Waals surface area contributed by atoms with Gasteiger partial charge in [0.2, 0.25) is 0 Å². The first-order valence-electron chi connectivity index (χ1n) is 6.97. The number of aromatic hydroxyl groups is 1. The van der Waals surface area contributed by atoms with Gasteiger partial charge in [-0.2, -0.15) is 0 Å². The van der Waals surface area contributed by atoms with Crippen LogP contribution in [0.3, 0.4) is 0 Å². The monoisotopic (exact) mass is 269 g/mol. The number of rotatable bonds is 3. The molecule has 2 N–H and O–H groups in total. The van der Waals surface area contributed by atoms with Crippen molar-refractivity contribution in [3.8, 4) is 11.5 Å². The fraction of sp³-hybridized carbons (Fsp3) is 0.294.